The molecule has 1 aromatic rings. The Morgan fingerprint density at radius 2 is 2.00 bits per heavy atom. The van der Waals surface area contributed by atoms with Gasteiger partial charge in [-0.1, -0.05) is 13.8 Å². The molecule has 0 heterocycles. The number of halogens is 1. The maximum atomic E-state index is 12.0. The molecule has 0 aliphatic rings. The fourth-order valence-electron chi connectivity index (χ4n) is 1.93. The summed E-state index contributed by atoms with van der Waals surface area (Å²) in [5, 5.41) is 11.7. The van der Waals surface area contributed by atoms with Gasteiger partial charge >= 0.3 is 5.97 Å². The zero-order valence-corrected chi connectivity index (χ0v) is 13.9. The summed E-state index contributed by atoms with van der Waals surface area (Å²) in [5.74, 6) is -1.10. The second-order valence-electron chi connectivity index (χ2n) is 5.75. The molecule has 0 saturated carbocycles. The van der Waals surface area contributed by atoms with Crippen molar-refractivity contribution in [3.63, 3.8) is 0 Å². The summed E-state index contributed by atoms with van der Waals surface area (Å²) in [6.45, 7) is 4.78. The Labute approximate surface area is 133 Å². The van der Waals surface area contributed by atoms with Gasteiger partial charge in [0.1, 0.15) is 0 Å². The molecule has 0 aliphatic carbocycles. The number of carbonyl (C=O) groups is 2. The molecule has 0 radical (unpaired) electrons. The van der Waals surface area contributed by atoms with E-state index in [0.717, 1.165) is 12.8 Å². The van der Waals surface area contributed by atoms with E-state index in [2.05, 4.69) is 35.1 Å². The lowest BCUT2D eigenvalue weighted by Crippen LogP contribution is -2.20. The second kappa shape index (κ2) is 7.56. The van der Waals surface area contributed by atoms with Crippen LogP contribution in [0.3, 0.4) is 0 Å². The molecule has 4 N–H and O–H groups in total. The van der Waals surface area contributed by atoms with Gasteiger partial charge < -0.3 is 16.2 Å². The van der Waals surface area contributed by atoms with Crippen molar-refractivity contribution in [1.29, 1.82) is 0 Å². The Hall–Kier alpha value is -1.40. The lowest BCUT2D eigenvalue weighted by atomic mass is 9.84. The van der Waals surface area contributed by atoms with Crippen molar-refractivity contribution in [3.8, 4) is 0 Å². The molecule has 5 nitrogen and oxygen atoms in total. The molecule has 0 bridgehead atoms. The van der Waals surface area contributed by atoms with Crippen molar-refractivity contribution >= 4 is 33.5 Å². The Bertz CT molecular complexity index is 530. The molecule has 1 amide bonds. The molecule has 21 heavy (non-hydrogen) atoms. The lowest BCUT2D eigenvalue weighted by molar-refractivity contribution is -0.116. The predicted octanol–water partition coefficient (Wildman–Crippen LogP) is 3.24. The van der Waals surface area contributed by atoms with Gasteiger partial charge in [-0.3, -0.25) is 4.79 Å². The molecular weight excluding hydrogens is 336 g/mol. The first-order chi connectivity index (χ1) is 9.75. The highest BCUT2D eigenvalue weighted by Crippen LogP contribution is 2.27. The first kappa shape index (κ1) is 17.7. The minimum absolute atomic E-state index is 0.0382. The van der Waals surface area contributed by atoms with Crippen LogP contribution in [0.5, 0.6) is 0 Å². The first-order valence-corrected chi connectivity index (χ1v) is 7.57. The monoisotopic (exact) mass is 356 g/mol. The van der Waals surface area contributed by atoms with Gasteiger partial charge in [-0.05, 0) is 58.9 Å². The SMILES string of the molecule is CC(C)(CCN)CCC(=O)Nc1ccc(C(=O)O)cc1Br. The molecule has 1 aromatic carbocycles. The summed E-state index contributed by atoms with van der Waals surface area (Å²) in [7, 11) is 0. The van der Waals surface area contributed by atoms with E-state index in [4.69, 9.17) is 10.8 Å². The Kier molecular flexibility index (Phi) is 6.36. The van der Waals surface area contributed by atoms with Crippen LogP contribution in [0, 0.1) is 5.41 Å². The van der Waals surface area contributed by atoms with E-state index < -0.39 is 5.97 Å². The molecule has 0 atom stereocenters. The van der Waals surface area contributed by atoms with E-state index >= 15 is 0 Å². The van der Waals surface area contributed by atoms with Gasteiger partial charge in [0.2, 0.25) is 5.91 Å². The van der Waals surface area contributed by atoms with E-state index in [1.165, 1.54) is 12.1 Å². The van der Waals surface area contributed by atoms with Gasteiger partial charge in [-0.15, -0.1) is 0 Å². The van der Waals surface area contributed by atoms with Gasteiger partial charge in [-0.2, -0.15) is 0 Å². The van der Waals surface area contributed by atoms with E-state index in [0.29, 0.717) is 23.1 Å². The molecule has 0 unspecified atom stereocenters. The van der Waals surface area contributed by atoms with Gasteiger partial charge in [0.05, 0.1) is 11.3 Å². The summed E-state index contributed by atoms with van der Waals surface area (Å²) >= 11 is 3.26. The topological polar surface area (TPSA) is 92.4 Å². The van der Waals surface area contributed by atoms with Crippen molar-refractivity contribution in [1.82, 2.24) is 0 Å². The number of carboxylic acid groups (broad SMARTS) is 1. The maximum Gasteiger partial charge on any atom is 0.335 e. The number of carboxylic acids is 1. The smallest absolute Gasteiger partial charge is 0.335 e. The quantitative estimate of drug-likeness (QED) is 0.699. The van der Waals surface area contributed by atoms with Crippen LogP contribution in [0.4, 0.5) is 5.69 Å². The number of nitrogens with one attached hydrogen (secondary N) is 1. The number of hydrogen-bond acceptors (Lipinski definition) is 3. The number of rotatable bonds is 7. The summed E-state index contributed by atoms with van der Waals surface area (Å²) in [6.07, 6.45) is 2.03. The molecule has 6 heteroatoms. The number of nitrogens with two attached hydrogens (primary N) is 1. The van der Waals surface area contributed by atoms with Crippen LogP contribution in [0.25, 0.3) is 0 Å². The summed E-state index contributed by atoms with van der Waals surface area (Å²) in [6, 6.07) is 4.51. The minimum atomic E-state index is -1.00. The van der Waals surface area contributed by atoms with Crippen LogP contribution in [-0.2, 0) is 4.79 Å². The summed E-state index contributed by atoms with van der Waals surface area (Å²) in [4.78, 5) is 22.8. The minimum Gasteiger partial charge on any atom is -0.478 e. The average molecular weight is 357 g/mol. The van der Waals surface area contributed by atoms with Gasteiger partial charge in [0, 0.05) is 10.9 Å². The third-order valence-electron chi connectivity index (χ3n) is 3.34. The third kappa shape index (κ3) is 5.85. The van der Waals surface area contributed by atoms with E-state index in [-0.39, 0.29) is 16.9 Å². The van der Waals surface area contributed by atoms with Crippen molar-refractivity contribution in [2.75, 3.05) is 11.9 Å². The number of benzene rings is 1. The van der Waals surface area contributed by atoms with Crippen LogP contribution in [0.15, 0.2) is 22.7 Å². The van der Waals surface area contributed by atoms with Gasteiger partial charge in [-0.25, -0.2) is 4.79 Å². The Morgan fingerprint density at radius 3 is 2.52 bits per heavy atom. The van der Waals surface area contributed by atoms with Crippen LogP contribution in [0.2, 0.25) is 0 Å². The third-order valence-corrected chi connectivity index (χ3v) is 4.00. The number of hydrogen-bond donors (Lipinski definition) is 3. The maximum absolute atomic E-state index is 12.0. The summed E-state index contributed by atoms with van der Waals surface area (Å²) < 4.78 is 0.553. The number of aromatic carboxylic acids is 1. The molecule has 0 aliphatic heterocycles. The standard InChI is InChI=1S/C15H21BrN2O3/c1-15(2,7-8-17)6-5-13(19)18-12-4-3-10(14(20)21)9-11(12)16/h3-4,9H,5-8,17H2,1-2H3,(H,18,19)(H,20,21). The van der Waals surface area contributed by atoms with Crippen LogP contribution >= 0.6 is 15.9 Å². The number of anilines is 1. The van der Waals surface area contributed by atoms with Crippen LogP contribution in [-0.4, -0.2) is 23.5 Å². The van der Waals surface area contributed by atoms with E-state index in [1.807, 2.05) is 0 Å². The largest absolute Gasteiger partial charge is 0.478 e. The summed E-state index contributed by atoms with van der Waals surface area (Å²) in [5.41, 5.74) is 6.33. The Morgan fingerprint density at radius 1 is 1.33 bits per heavy atom. The highest BCUT2D eigenvalue weighted by molar-refractivity contribution is 9.10. The van der Waals surface area contributed by atoms with Gasteiger partial charge in [0.15, 0.2) is 0 Å². The van der Waals surface area contributed by atoms with Crippen LogP contribution < -0.4 is 11.1 Å². The Balaban J connectivity index is 2.61. The normalized spacial score (nSPS) is 11.2. The highest BCUT2D eigenvalue weighted by atomic mass is 79.9. The van der Waals surface area contributed by atoms with E-state index in [1.54, 1.807) is 6.07 Å². The zero-order chi connectivity index (χ0) is 16.0. The number of carbonyl (C=O) groups excluding carboxylic acids is 1. The zero-order valence-electron chi connectivity index (χ0n) is 12.3. The fraction of sp³-hybridized carbons (Fsp3) is 0.467. The molecule has 0 saturated heterocycles. The second-order valence-corrected chi connectivity index (χ2v) is 6.61. The van der Waals surface area contributed by atoms with Crippen molar-refractivity contribution in [2.45, 2.75) is 33.1 Å². The average Bonchev–Trinajstić information content (AvgIpc) is 2.38. The molecule has 116 valence electrons. The number of amides is 1. The predicted molar refractivity (Wildman–Crippen MR) is 86.4 cm³/mol. The van der Waals surface area contributed by atoms with Crippen LogP contribution in [0.1, 0.15) is 43.5 Å². The molecule has 0 aromatic heterocycles. The molecule has 0 fully saturated rings. The molecule has 1 rings (SSSR count). The first-order valence-electron chi connectivity index (χ1n) is 6.78. The van der Waals surface area contributed by atoms with E-state index in [9.17, 15) is 9.59 Å². The van der Waals surface area contributed by atoms with Crippen molar-refractivity contribution in [2.24, 2.45) is 11.1 Å². The highest BCUT2D eigenvalue weighted by Gasteiger charge is 2.18. The molecule has 0 spiro atoms. The van der Waals surface area contributed by atoms with Crippen molar-refractivity contribution < 1.29 is 14.7 Å². The van der Waals surface area contributed by atoms with Crippen molar-refractivity contribution in [3.05, 3.63) is 28.2 Å². The fourth-order valence-corrected chi connectivity index (χ4v) is 2.41. The molecular formula is C15H21BrN2O3. The lowest BCUT2D eigenvalue weighted by Gasteiger charge is -2.23. The van der Waals surface area contributed by atoms with Gasteiger partial charge in [0.25, 0.3) is 0 Å².